The zero-order valence-corrected chi connectivity index (χ0v) is 18.3. The normalized spacial score (nSPS) is 20.2. The van der Waals surface area contributed by atoms with Gasteiger partial charge in [0.2, 0.25) is 5.95 Å². The third kappa shape index (κ3) is 4.69. The zero-order valence-electron chi connectivity index (χ0n) is 17.5. The Bertz CT molecular complexity index is 1090. The first-order chi connectivity index (χ1) is 15.2. The lowest BCUT2D eigenvalue weighted by Crippen LogP contribution is -2.57. The first kappa shape index (κ1) is 22.1. The van der Waals surface area contributed by atoms with Crippen molar-refractivity contribution in [2.45, 2.75) is 25.3 Å². The number of nitrogens with one attached hydrogen (secondary N) is 1. The van der Waals surface area contributed by atoms with Gasteiger partial charge in [0.25, 0.3) is 11.8 Å². The molecule has 2 atom stereocenters. The predicted octanol–water partition coefficient (Wildman–Crippen LogP) is 3.52. The van der Waals surface area contributed by atoms with E-state index >= 15 is 0 Å². The molecule has 4 heterocycles. The standard InChI is InChI=1S/C21H22ClF2N7O/c1-13-7-21(23,24)12-31(17(13)10-28-20-26-8-14(22)9-27-20)19(32)15-11-30(2)29-18(15)16-5-3-4-6-25-16/h3-6,8-9,11,13,17H,7,10,12H2,1-2H3,(H,26,27,28). The van der Waals surface area contributed by atoms with Gasteiger partial charge in [-0.2, -0.15) is 5.10 Å². The first-order valence-corrected chi connectivity index (χ1v) is 10.5. The zero-order chi connectivity index (χ0) is 22.9. The molecule has 8 nitrogen and oxygen atoms in total. The van der Waals surface area contributed by atoms with Gasteiger partial charge in [-0.05, 0) is 18.1 Å². The molecule has 1 aliphatic rings. The van der Waals surface area contributed by atoms with Crippen molar-refractivity contribution < 1.29 is 13.6 Å². The van der Waals surface area contributed by atoms with E-state index in [2.05, 4.69) is 25.4 Å². The summed E-state index contributed by atoms with van der Waals surface area (Å²) < 4.78 is 30.5. The molecular formula is C21H22ClF2N7O. The predicted molar refractivity (Wildman–Crippen MR) is 116 cm³/mol. The van der Waals surface area contributed by atoms with Gasteiger partial charge >= 0.3 is 0 Å². The Kier molecular flexibility index (Phi) is 6.05. The minimum absolute atomic E-state index is 0.212. The highest BCUT2D eigenvalue weighted by molar-refractivity contribution is 6.30. The summed E-state index contributed by atoms with van der Waals surface area (Å²) in [7, 11) is 1.67. The average molecular weight is 462 g/mol. The largest absolute Gasteiger partial charge is 0.352 e. The summed E-state index contributed by atoms with van der Waals surface area (Å²) in [6, 6.07) is 4.75. The fourth-order valence-electron chi connectivity index (χ4n) is 3.97. The topological polar surface area (TPSA) is 88.8 Å². The van der Waals surface area contributed by atoms with Crippen molar-refractivity contribution in [2.24, 2.45) is 13.0 Å². The van der Waals surface area contributed by atoms with Crippen molar-refractivity contribution in [3.8, 4) is 11.4 Å². The Hall–Kier alpha value is -3.14. The van der Waals surface area contributed by atoms with E-state index in [4.69, 9.17) is 11.6 Å². The fourth-order valence-corrected chi connectivity index (χ4v) is 4.07. The second kappa shape index (κ2) is 8.78. The van der Waals surface area contributed by atoms with Gasteiger partial charge in [-0.25, -0.2) is 18.7 Å². The van der Waals surface area contributed by atoms with E-state index in [0.717, 1.165) is 0 Å². The number of likely N-dealkylation sites (tertiary alicyclic amines) is 1. The van der Waals surface area contributed by atoms with Gasteiger partial charge in [0.15, 0.2) is 0 Å². The van der Waals surface area contributed by atoms with Crippen molar-refractivity contribution in [3.63, 3.8) is 0 Å². The van der Waals surface area contributed by atoms with Crippen molar-refractivity contribution in [1.29, 1.82) is 0 Å². The van der Waals surface area contributed by atoms with Crippen molar-refractivity contribution in [1.82, 2.24) is 29.6 Å². The molecule has 3 aromatic heterocycles. The summed E-state index contributed by atoms with van der Waals surface area (Å²) in [4.78, 5) is 27.2. The van der Waals surface area contributed by atoms with E-state index in [-0.39, 0.29) is 18.5 Å². The Balaban J connectivity index is 1.64. The van der Waals surface area contributed by atoms with Gasteiger partial charge in [0.1, 0.15) is 5.69 Å². The van der Waals surface area contributed by atoms with Crippen LogP contribution in [-0.2, 0) is 7.05 Å². The molecule has 4 rings (SSSR count). The summed E-state index contributed by atoms with van der Waals surface area (Å²) in [6.07, 6.45) is 5.69. The summed E-state index contributed by atoms with van der Waals surface area (Å²) in [6.45, 7) is 1.25. The third-order valence-corrected chi connectivity index (χ3v) is 5.59. The molecule has 3 aromatic rings. The van der Waals surface area contributed by atoms with E-state index in [1.54, 1.807) is 38.4 Å². The van der Waals surface area contributed by atoms with Crippen LogP contribution in [0.25, 0.3) is 11.4 Å². The van der Waals surface area contributed by atoms with Gasteiger partial charge in [0.05, 0.1) is 41.3 Å². The average Bonchev–Trinajstić information content (AvgIpc) is 3.15. The first-order valence-electron chi connectivity index (χ1n) is 10.1. The molecule has 168 valence electrons. The molecule has 2 unspecified atom stereocenters. The minimum atomic E-state index is -2.99. The SMILES string of the molecule is CC1CC(F)(F)CN(C(=O)c2cn(C)nc2-c2ccccn2)C1CNc1ncc(Cl)cn1. The molecule has 1 fully saturated rings. The number of anilines is 1. The number of amides is 1. The van der Waals surface area contributed by atoms with E-state index in [9.17, 15) is 13.6 Å². The molecule has 0 spiro atoms. The molecular weight excluding hydrogens is 440 g/mol. The number of aryl methyl sites for hydroxylation is 1. The molecule has 0 radical (unpaired) electrons. The monoisotopic (exact) mass is 461 g/mol. The van der Waals surface area contributed by atoms with Gasteiger partial charge in [-0.3, -0.25) is 14.5 Å². The van der Waals surface area contributed by atoms with Crippen LogP contribution in [0.5, 0.6) is 0 Å². The maximum Gasteiger partial charge on any atom is 0.265 e. The number of nitrogens with zero attached hydrogens (tertiary/aromatic N) is 6. The molecule has 11 heteroatoms. The second-order valence-electron chi connectivity index (χ2n) is 7.92. The Morgan fingerprint density at radius 2 is 2.03 bits per heavy atom. The molecule has 0 bridgehead atoms. The molecule has 1 N–H and O–H groups in total. The highest BCUT2D eigenvalue weighted by Gasteiger charge is 2.46. The minimum Gasteiger partial charge on any atom is -0.352 e. The summed E-state index contributed by atoms with van der Waals surface area (Å²) >= 11 is 5.81. The molecule has 32 heavy (non-hydrogen) atoms. The van der Waals surface area contributed by atoms with Crippen LogP contribution in [-0.4, -0.2) is 60.6 Å². The Morgan fingerprint density at radius 3 is 2.72 bits per heavy atom. The summed E-state index contributed by atoms with van der Waals surface area (Å²) in [5.74, 6) is -3.66. The molecule has 1 aliphatic heterocycles. The van der Waals surface area contributed by atoms with Crippen LogP contribution in [0, 0.1) is 5.92 Å². The van der Waals surface area contributed by atoms with Crippen molar-refractivity contribution >= 4 is 23.5 Å². The van der Waals surface area contributed by atoms with Gasteiger partial charge in [0, 0.05) is 32.4 Å². The molecule has 1 amide bonds. The van der Waals surface area contributed by atoms with Crippen LogP contribution < -0.4 is 5.32 Å². The van der Waals surface area contributed by atoms with Crippen LogP contribution in [0.2, 0.25) is 5.02 Å². The van der Waals surface area contributed by atoms with Crippen molar-refractivity contribution in [3.05, 3.63) is 53.6 Å². The van der Waals surface area contributed by atoms with Crippen LogP contribution in [0.4, 0.5) is 14.7 Å². The van der Waals surface area contributed by atoms with E-state index in [0.29, 0.717) is 22.4 Å². The Labute approximate surface area is 188 Å². The maximum absolute atomic E-state index is 14.5. The number of pyridine rings is 1. The van der Waals surface area contributed by atoms with E-state index in [1.165, 1.54) is 28.2 Å². The van der Waals surface area contributed by atoms with Crippen LogP contribution in [0.1, 0.15) is 23.7 Å². The number of piperidine rings is 1. The molecule has 0 aliphatic carbocycles. The fraction of sp³-hybridized carbons (Fsp3) is 0.381. The number of halogens is 3. The lowest BCUT2D eigenvalue weighted by atomic mass is 9.88. The highest BCUT2D eigenvalue weighted by Crippen LogP contribution is 2.36. The lowest BCUT2D eigenvalue weighted by Gasteiger charge is -2.43. The highest BCUT2D eigenvalue weighted by atomic mass is 35.5. The molecule has 0 aromatic carbocycles. The van der Waals surface area contributed by atoms with E-state index in [1.807, 2.05) is 0 Å². The summed E-state index contributed by atoms with van der Waals surface area (Å²) in [5.41, 5.74) is 1.08. The number of hydrogen-bond acceptors (Lipinski definition) is 6. The van der Waals surface area contributed by atoms with Crippen LogP contribution >= 0.6 is 11.6 Å². The number of hydrogen-bond donors (Lipinski definition) is 1. The van der Waals surface area contributed by atoms with E-state index < -0.39 is 30.3 Å². The lowest BCUT2D eigenvalue weighted by molar-refractivity contribution is -0.0897. The third-order valence-electron chi connectivity index (χ3n) is 5.40. The number of carbonyl (C=O) groups is 1. The number of rotatable bonds is 5. The van der Waals surface area contributed by atoms with Gasteiger partial charge < -0.3 is 10.2 Å². The van der Waals surface area contributed by atoms with Crippen LogP contribution in [0.15, 0.2) is 43.0 Å². The Morgan fingerprint density at radius 1 is 1.28 bits per heavy atom. The molecule has 1 saturated heterocycles. The van der Waals surface area contributed by atoms with Crippen LogP contribution in [0.3, 0.4) is 0 Å². The quantitative estimate of drug-likeness (QED) is 0.625. The molecule has 0 saturated carbocycles. The number of carbonyl (C=O) groups excluding carboxylic acids is 1. The van der Waals surface area contributed by atoms with Gasteiger partial charge in [-0.1, -0.05) is 24.6 Å². The number of aromatic nitrogens is 5. The summed E-state index contributed by atoms with van der Waals surface area (Å²) in [5, 5.41) is 7.77. The smallest absolute Gasteiger partial charge is 0.265 e. The van der Waals surface area contributed by atoms with Gasteiger partial charge in [-0.15, -0.1) is 0 Å². The van der Waals surface area contributed by atoms with Crippen molar-refractivity contribution in [2.75, 3.05) is 18.4 Å². The maximum atomic E-state index is 14.5. The number of alkyl halides is 2. The second-order valence-corrected chi connectivity index (χ2v) is 8.36.